The van der Waals surface area contributed by atoms with Crippen LogP contribution in [-0.4, -0.2) is 73.5 Å². The van der Waals surface area contributed by atoms with Gasteiger partial charge in [-0.15, -0.1) is 10.2 Å². The molecule has 2 aromatic rings. The van der Waals surface area contributed by atoms with Gasteiger partial charge in [0.25, 0.3) is 0 Å². The highest BCUT2D eigenvalue weighted by molar-refractivity contribution is 7.89. The number of aromatic nitrogens is 2. The van der Waals surface area contributed by atoms with Crippen LogP contribution in [0.1, 0.15) is 43.3 Å². The monoisotopic (exact) mass is 435 g/mol. The van der Waals surface area contributed by atoms with Crippen LogP contribution in [0.2, 0.25) is 0 Å². The lowest BCUT2D eigenvalue weighted by molar-refractivity contribution is 0.0901. The van der Waals surface area contributed by atoms with Crippen molar-refractivity contribution in [2.24, 2.45) is 0 Å². The molecule has 164 valence electrons. The molecule has 1 amide bonds. The molecule has 0 saturated carbocycles. The van der Waals surface area contributed by atoms with Crippen LogP contribution in [0.25, 0.3) is 11.5 Å². The van der Waals surface area contributed by atoms with E-state index in [1.54, 1.807) is 12.1 Å². The first-order valence-electron chi connectivity index (χ1n) is 10.2. The Hall–Kier alpha value is -2.30. The third kappa shape index (κ3) is 5.05. The summed E-state index contributed by atoms with van der Waals surface area (Å²) >= 11 is 0. The fourth-order valence-electron chi connectivity index (χ4n) is 3.62. The van der Waals surface area contributed by atoms with Crippen molar-refractivity contribution in [1.29, 1.82) is 0 Å². The maximum absolute atomic E-state index is 12.3. The molecule has 1 aromatic carbocycles. The molecular formula is C20H29N5O4S. The van der Waals surface area contributed by atoms with Gasteiger partial charge in [0.2, 0.25) is 15.9 Å². The lowest BCUT2D eigenvalue weighted by Crippen LogP contribution is -2.43. The van der Waals surface area contributed by atoms with E-state index >= 15 is 0 Å². The zero-order valence-electron chi connectivity index (χ0n) is 17.7. The summed E-state index contributed by atoms with van der Waals surface area (Å²) < 4.78 is 30.9. The number of hydrogen-bond donors (Lipinski definition) is 1. The molecule has 9 nitrogen and oxygen atoms in total. The molecule has 1 aliphatic heterocycles. The van der Waals surface area contributed by atoms with Crippen molar-refractivity contribution in [3.8, 4) is 11.5 Å². The molecule has 0 spiro atoms. The van der Waals surface area contributed by atoms with E-state index in [0.29, 0.717) is 18.2 Å². The third-order valence-electron chi connectivity index (χ3n) is 5.40. The predicted octanol–water partition coefficient (Wildman–Crippen LogP) is 1.98. The quantitative estimate of drug-likeness (QED) is 0.675. The summed E-state index contributed by atoms with van der Waals surface area (Å²) in [6.45, 7) is 4.58. The average molecular weight is 436 g/mol. The Balaban J connectivity index is 1.58. The highest BCUT2D eigenvalue weighted by Crippen LogP contribution is 2.22. The Morgan fingerprint density at radius 3 is 2.63 bits per heavy atom. The summed E-state index contributed by atoms with van der Waals surface area (Å²) in [6, 6.07) is 6.68. The summed E-state index contributed by atoms with van der Waals surface area (Å²) in [6.07, 6.45) is 4.81. The average Bonchev–Trinajstić information content (AvgIpc) is 3.24. The second-order valence-electron chi connectivity index (χ2n) is 7.57. The highest BCUT2D eigenvalue weighted by atomic mass is 32.2. The molecule has 3 rings (SSSR count). The van der Waals surface area contributed by atoms with E-state index in [0.717, 1.165) is 23.8 Å². The van der Waals surface area contributed by atoms with E-state index in [1.807, 2.05) is 0 Å². The summed E-state index contributed by atoms with van der Waals surface area (Å²) in [5, 5.41) is 10.6. The van der Waals surface area contributed by atoms with E-state index in [1.165, 1.54) is 45.5 Å². The van der Waals surface area contributed by atoms with Gasteiger partial charge in [-0.25, -0.2) is 12.7 Å². The first-order chi connectivity index (χ1) is 14.3. The van der Waals surface area contributed by atoms with Crippen LogP contribution in [-0.2, 0) is 10.0 Å². The van der Waals surface area contributed by atoms with E-state index in [9.17, 15) is 13.2 Å². The van der Waals surface area contributed by atoms with Crippen LogP contribution >= 0.6 is 0 Å². The van der Waals surface area contributed by atoms with Crippen LogP contribution in [0.5, 0.6) is 0 Å². The van der Waals surface area contributed by atoms with Crippen molar-refractivity contribution in [3.63, 3.8) is 0 Å². The van der Waals surface area contributed by atoms with Crippen LogP contribution in [0.4, 0.5) is 0 Å². The number of nitrogens with one attached hydrogen (secondary N) is 1. The number of carbonyl (C=O) groups excluding carboxylic acids is 1. The maximum Gasteiger partial charge on any atom is 0.308 e. The molecule has 1 unspecified atom stereocenters. The van der Waals surface area contributed by atoms with Gasteiger partial charge in [0.05, 0.1) is 4.90 Å². The minimum atomic E-state index is -3.51. The molecule has 1 fully saturated rings. The number of nitrogens with zero attached hydrogens (tertiary/aromatic N) is 4. The van der Waals surface area contributed by atoms with Crippen molar-refractivity contribution >= 4 is 15.9 Å². The zero-order chi connectivity index (χ0) is 21.7. The second-order valence-corrected chi connectivity index (χ2v) is 9.73. The molecular weight excluding hydrogens is 406 g/mol. The summed E-state index contributed by atoms with van der Waals surface area (Å²) in [5.74, 6) is -0.359. The topological polar surface area (TPSA) is 109 Å². The predicted molar refractivity (Wildman–Crippen MR) is 112 cm³/mol. The minimum absolute atomic E-state index is 0.110. The minimum Gasteiger partial charge on any atom is -0.412 e. The third-order valence-corrected chi connectivity index (χ3v) is 7.23. The van der Waals surface area contributed by atoms with E-state index in [2.05, 4.69) is 27.3 Å². The summed E-state index contributed by atoms with van der Waals surface area (Å²) in [7, 11) is -0.567. The number of amides is 1. The van der Waals surface area contributed by atoms with Gasteiger partial charge in [-0.2, -0.15) is 0 Å². The number of piperidine rings is 1. The number of carbonyl (C=O) groups is 1. The lowest BCUT2D eigenvalue weighted by Gasteiger charge is -2.35. The first-order valence-corrected chi connectivity index (χ1v) is 11.7. The fourth-order valence-corrected chi connectivity index (χ4v) is 4.52. The van der Waals surface area contributed by atoms with E-state index in [-0.39, 0.29) is 16.7 Å². The van der Waals surface area contributed by atoms with Gasteiger partial charge in [-0.3, -0.25) is 9.69 Å². The smallest absolute Gasteiger partial charge is 0.308 e. The van der Waals surface area contributed by atoms with Crippen molar-refractivity contribution in [3.05, 3.63) is 30.2 Å². The van der Waals surface area contributed by atoms with Crippen LogP contribution in [0.3, 0.4) is 0 Å². The molecule has 1 aromatic heterocycles. The number of benzene rings is 1. The Kier molecular flexibility index (Phi) is 7.22. The van der Waals surface area contributed by atoms with Crippen LogP contribution < -0.4 is 5.32 Å². The number of hydrogen-bond acceptors (Lipinski definition) is 7. The normalized spacial score (nSPS) is 17.9. The Labute approximate surface area is 177 Å². The van der Waals surface area contributed by atoms with Gasteiger partial charge in [-0.05, 0) is 50.1 Å². The number of likely N-dealkylation sites (tertiary alicyclic amines) is 1. The Morgan fingerprint density at radius 1 is 1.23 bits per heavy atom. The first kappa shape index (κ1) is 22.4. The van der Waals surface area contributed by atoms with Gasteiger partial charge in [-0.1, -0.05) is 13.3 Å². The largest absolute Gasteiger partial charge is 0.412 e. The van der Waals surface area contributed by atoms with Crippen molar-refractivity contribution in [2.75, 3.05) is 33.7 Å². The molecule has 1 aliphatic rings. The number of rotatable bonds is 8. The van der Waals surface area contributed by atoms with E-state index < -0.39 is 15.9 Å². The lowest BCUT2D eigenvalue weighted by atomic mass is 10.0. The molecule has 1 saturated heterocycles. The zero-order valence-corrected chi connectivity index (χ0v) is 18.5. The van der Waals surface area contributed by atoms with Gasteiger partial charge < -0.3 is 9.73 Å². The van der Waals surface area contributed by atoms with Gasteiger partial charge in [0, 0.05) is 38.8 Å². The van der Waals surface area contributed by atoms with E-state index in [4.69, 9.17) is 4.42 Å². The van der Waals surface area contributed by atoms with Gasteiger partial charge in [0.1, 0.15) is 0 Å². The van der Waals surface area contributed by atoms with Crippen LogP contribution in [0.15, 0.2) is 33.6 Å². The fraction of sp³-hybridized carbons (Fsp3) is 0.550. The van der Waals surface area contributed by atoms with Gasteiger partial charge in [0.15, 0.2) is 0 Å². The maximum atomic E-state index is 12.3. The Morgan fingerprint density at radius 2 is 1.97 bits per heavy atom. The van der Waals surface area contributed by atoms with Crippen molar-refractivity contribution in [2.45, 2.75) is 43.5 Å². The summed E-state index contributed by atoms with van der Waals surface area (Å²) in [5.41, 5.74) is 0.540. The second kappa shape index (κ2) is 9.67. The molecule has 1 atom stereocenters. The van der Waals surface area contributed by atoms with Gasteiger partial charge >= 0.3 is 11.8 Å². The van der Waals surface area contributed by atoms with Crippen molar-refractivity contribution < 1.29 is 17.6 Å². The molecule has 30 heavy (non-hydrogen) atoms. The molecule has 0 aliphatic carbocycles. The molecule has 0 bridgehead atoms. The SMILES string of the molecule is CCC1CCCCN1CCNC(=O)c1nnc(-c2ccc(S(=O)(=O)N(C)C)cc2)o1. The van der Waals surface area contributed by atoms with Crippen molar-refractivity contribution in [1.82, 2.24) is 24.7 Å². The Bertz CT molecular complexity index is 956. The summed E-state index contributed by atoms with van der Waals surface area (Å²) in [4.78, 5) is 14.9. The molecule has 1 N–H and O–H groups in total. The number of sulfonamides is 1. The molecule has 0 radical (unpaired) electrons. The highest BCUT2D eigenvalue weighted by Gasteiger charge is 2.22. The molecule has 10 heteroatoms. The molecule has 2 heterocycles. The standard InChI is InChI=1S/C20H29N5O4S/c1-4-16-7-5-6-13-25(16)14-12-21-18(26)20-23-22-19(29-20)15-8-10-17(11-9-15)30(27,28)24(2)3/h8-11,16H,4-7,12-14H2,1-3H3,(H,21,26). The van der Waals surface area contributed by atoms with Crippen LogP contribution in [0, 0.1) is 0 Å².